The van der Waals surface area contributed by atoms with Gasteiger partial charge in [-0.25, -0.2) is 15.0 Å². The maximum Gasteiger partial charge on any atom is 0.164 e. The Balaban J connectivity index is 0.000000505. The molecule has 0 N–H and O–H groups in total. The lowest BCUT2D eigenvalue weighted by atomic mass is 9.77. The van der Waals surface area contributed by atoms with Gasteiger partial charge in [0.2, 0.25) is 0 Å². The molecule has 0 aliphatic heterocycles. The first kappa shape index (κ1) is 37.4. The standard InChI is InChI=1S/C47H37N3O.C8H8/c1-30-14-12-13-21-37(30)40-28-35(23-22-31(40)2)36-24-27-42-41(29-36)43-39(26-25-38(44(43)51-42)32-15-6-3-7-16-32)47-49-45(33-17-8-4-9-18-33)48-46(50-47)34-19-10-5-11-20-34;1-8-6-4-2-3-5-7-8/h3-22,25-29,35-36H,23-24H2,1-2H3;2-4,6-7H,1H3. The number of benzene rings is 5. The molecule has 0 bridgehead atoms. The molecule has 59 heavy (non-hydrogen) atoms. The lowest BCUT2D eigenvalue weighted by Gasteiger charge is -2.27. The lowest BCUT2D eigenvalue weighted by Crippen LogP contribution is -2.28. The molecule has 4 nitrogen and oxygen atoms in total. The van der Waals surface area contributed by atoms with Crippen molar-refractivity contribution in [2.75, 3.05) is 0 Å². The molecule has 0 saturated carbocycles. The van der Waals surface area contributed by atoms with Crippen molar-refractivity contribution in [2.24, 2.45) is 11.8 Å². The molecular weight excluding hydrogens is 719 g/mol. The zero-order valence-electron chi connectivity index (χ0n) is 33.6. The van der Waals surface area contributed by atoms with Crippen molar-refractivity contribution in [3.8, 4) is 45.3 Å². The summed E-state index contributed by atoms with van der Waals surface area (Å²) in [7, 11) is 0. The summed E-state index contributed by atoms with van der Waals surface area (Å²) in [6.45, 7) is 6.50. The highest BCUT2D eigenvalue weighted by Gasteiger charge is 2.26. The second-order valence-corrected chi connectivity index (χ2v) is 15.4. The fraction of sp³-hybridized carbons (Fsp3) is 0.127. The van der Waals surface area contributed by atoms with E-state index in [1.165, 1.54) is 27.8 Å². The Labute approximate surface area is 346 Å². The molecule has 0 fully saturated rings. The molecule has 286 valence electrons. The smallest absolute Gasteiger partial charge is 0.164 e. The molecule has 0 saturated heterocycles. The first-order chi connectivity index (χ1) is 29.0. The molecule has 3 aliphatic carbocycles. The number of hydrogen-bond donors (Lipinski definition) is 0. The van der Waals surface area contributed by atoms with Crippen LogP contribution in [0.5, 0.6) is 0 Å². The van der Waals surface area contributed by atoms with Crippen molar-refractivity contribution in [3.63, 3.8) is 0 Å². The Morgan fingerprint density at radius 3 is 1.85 bits per heavy atom. The Hall–Kier alpha value is -7.13. The lowest BCUT2D eigenvalue weighted by molar-refractivity contribution is 0.499. The molecule has 2 aromatic heterocycles. The Kier molecular flexibility index (Phi) is 10.6. The molecule has 2 heterocycles. The van der Waals surface area contributed by atoms with Gasteiger partial charge in [0.25, 0.3) is 0 Å². The number of aromatic nitrogens is 3. The fourth-order valence-corrected chi connectivity index (χ4v) is 8.20. The van der Waals surface area contributed by atoms with Gasteiger partial charge < -0.3 is 4.42 Å². The maximum absolute atomic E-state index is 6.84. The molecular formula is C55H45N3O. The highest BCUT2D eigenvalue weighted by Crippen LogP contribution is 2.39. The largest absolute Gasteiger partial charge is 0.456 e. The Morgan fingerprint density at radius 1 is 0.559 bits per heavy atom. The van der Waals surface area contributed by atoms with Crippen molar-refractivity contribution in [2.45, 2.75) is 33.6 Å². The highest BCUT2D eigenvalue weighted by molar-refractivity contribution is 6.02. The van der Waals surface area contributed by atoms with Gasteiger partial charge in [-0.05, 0) is 109 Å². The van der Waals surface area contributed by atoms with Gasteiger partial charge in [0.15, 0.2) is 17.5 Å². The van der Waals surface area contributed by atoms with Crippen LogP contribution in [0.1, 0.15) is 37.8 Å². The van der Waals surface area contributed by atoms with Gasteiger partial charge >= 0.3 is 0 Å². The Bertz CT molecular complexity index is 2940. The fourth-order valence-electron chi connectivity index (χ4n) is 8.20. The predicted octanol–water partition coefficient (Wildman–Crippen LogP) is 12.4. The van der Waals surface area contributed by atoms with E-state index in [1.807, 2.05) is 85.0 Å². The summed E-state index contributed by atoms with van der Waals surface area (Å²) in [5, 5.41) is 2.16. The van der Waals surface area contributed by atoms with Gasteiger partial charge in [0.1, 0.15) is 11.0 Å². The van der Waals surface area contributed by atoms with Gasteiger partial charge in [-0.1, -0.05) is 152 Å². The van der Waals surface area contributed by atoms with Crippen molar-refractivity contribution in [3.05, 3.63) is 209 Å². The second-order valence-electron chi connectivity index (χ2n) is 15.4. The van der Waals surface area contributed by atoms with Gasteiger partial charge in [-0.2, -0.15) is 0 Å². The van der Waals surface area contributed by atoms with Crippen molar-refractivity contribution < 1.29 is 4.42 Å². The second kappa shape index (κ2) is 16.8. The van der Waals surface area contributed by atoms with E-state index in [4.69, 9.17) is 19.4 Å². The average molecular weight is 764 g/mol. The summed E-state index contributed by atoms with van der Waals surface area (Å²) in [6, 6.07) is 43.8. The quantitative estimate of drug-likeness (QED) is 0.158. The molecule has 7 aromatic rings. The first-order valence-corrected chi connectivity index (χ1v) is 20.4. The summed E-state index contributed by atoms with van der Waals surface area (Å²) >= 11 is 0. The molecule has 3 aliphatic rings. The third-order valence-corrected chi connectivity index (χ3v) is 11.3. The van der Waals surface area contributed by atoms with E-state index in [1.54, 1.807) is 0 Å². The monoisotopic (exact) mass is 763 g/mol. The molecule has 0 radical (unpaired) electrons. The van der Waals surface area contributed by atoms with Crippen molar-refractivity contribution >= 4 is 28.7 Å². The number of rotatable bonds is 6. The van der Waals surface area contributed by atoms with Crippen LogP contribution >= 0.6 is 0 Å². The summed E-state index contributed by atoms with van der Waals surface area (Å²) in [6.07, 6.45) is 21.5. The third kappa shape index (κ3) is 7.92. The van der Waals surface area contributed by atoms with Gasteiger partial charge in [0.05, 0.1) is 0 Å². The number of aryl methyl sites for hydroxylation is 1. The average Bonchev–Trinajstić information content (AvgIpc) is 3.50. The van der Waals surface area contributed by atoms with Crippen molar-refractivity contribution in [1.82, 2.24) is 15.0 Å². The summed E-state index contributed by atoms with van der Waals surface area (Å²) < 4.78 is 6.84. The zero-order valence-corrected chi connectivity index (χ0v) is 33.6. The van der Waals surface area contributed by atoms with Gasteiger partial charge in [0, 0.05) is 32.9 Å². The molecule has 0 spiro atoms. The van der Waals surface area contributed by atoms with Crippen LogP contribution < -0.4 is 10.6 Å². The number of fused-ring (bicyclic) bond motifs is 3. The summed E-state index contributed by atoms with van der Waals surface area (Å²) in [4.78, 5) is 15.3. The van der Waals surface area contributed by atoms with Crippen LogP contribution in [-0.4, -0.2) is 15.0 Å². The van der Waals surface area contributed by atoms with E-state index in [0.717, 1.165) is 62.3 Å². The molecule has 2 unspecified atom stereocenters. The molecule has 10 rings (SSSR count). The normalized spacial score (nSPS) is 16.7. The zero-order chi connectivity index (χ0) is 40.1. The predicted molar refractivity (Wildman–Crippen MR) is 244 cm³/mol. The number of hydrogen-bond acceptors (Lipinski definition) is 4. The van der Waals surface area contributed by atoms with Crippen molar-refractivity contribution in [1.29, 1.82) is 0 Å². The maximum atomic E-state index is 6.84. The minimum absolute atomic E-state index is 0.313. The van der Waals surface area contributed by atoms with Gasteiger partial charge in [-0.3, -0.25) is 0 Å². The minimum Gasteiger partial charge on any atom is -0.456 e. The molecule has 5 aromatic carbocycles. The van der Waals surface area contributed by atoms with Crippen LogP contribution in [0.2, 0.25) is 0 Å². The van der Waals surface area contributed by atoms with Crippen LogP contribution in [0, 0.1) is 18.8 Å². The van der Waals surface area contributed by atoms with E-state index in [0.29, 0.717) is 29.3 Å². The van der Waals surface area contributed by atoms with Crippen LogP contribution in [0.3, 0.4) is 0 Å². The molecule has 4 heteroatoms. The topological polar surface area (TPSA) is 51.8 Å². The summed E-state index contributed by atoms with van der Waals surface area (Å²) in [5.74, 6) is 2.59. The number of allylic oxidation sites excluding steroid dienone is 9. The number of furan rings is 1. The van der Waals surface area contributed by atoms with Crippen LogP contribution in [0.25, 0.3) is 74.0 Å². The van der Waals surface area contributed by atoms with E-state index in [2.05, 4.69) is 124 Å². The third-order valence-electron chi connectivity index (χ3n) is 11.3. The number of nitrogens with zero attached hydrogens (tertiary/aromatic N) is 3. The highest BCUT2D eigenvalue weighted by atomic mass is 16.3. The van der Waals surface area contributed by atoms with Gasteiger partial charge in [-0.15, -0.1) is 5.73 Å². The summed E-state index contributed by atoms with van der Waals surface area (Å²) in [5.41, 5.74) is 16.3. The van der Waals surface area contributed by atoms with Crippen LogP contribution in [0.15, 0.2) is 191 Å². The SMILES string of the molecule is CC1=CC=CC=C=C1.CC1=CCC(C2C=c3c(oc4c(-c5ccccc5)ccc(-c5nc(-c6ccccc6)nc(-c6ccccc6)n5)c34)=CC2)C=C1c1ccccc1C. The minimum atomic E-state index is 0.313. The van der Waals surface area contributed by atoms with E-state index in [9.17, 15) is 0 Å². The Morgan fingerprint density at radius 2 is 1.15 bits per heavy atom. The molecule has 0 amide bonds. The van der Waals surface area contributed by atoms with Crippen LogP contribution in [-0.2, 0) is 0 Å². The van der Waals surface area contributed by atoms with Crippen LogP contribution in [0.4, 0.5) is 0 Å². The first-order valence-electron chi connectivity index (χ1n) is 20.4. The van der Waals surface area contributed by atoms with E-state index in [-0.39, 0.29) is 0 Å². The van der Waals surface area contributed by atoms with E-state index < -0.39 is 0 Å². The molecule has 2 atom stereocenters. The van der Waals surface area contributed by atoms with E-state index >= 15 is 0 Å².